The maximum absolute atomic E-state index is 13.6. The average Bonchev–Trinajstić information content (AvgIpc) is 3.26. The molecule has 2 fully saturated rings. The molecule has 9 heteroatoms. The topological polar surface area (TPSA) is 116 Å². The van der Waals surface area contributed by atoms with E-state index in [1.807, 2.05) is 12.2 Å². The number of nitrogens with one attached hydrogen (secondary N) is 2. The zero-order chi connectivity index (χ0) is 23.9. The molecule has 2 aliphatic heterocycles. The van der Waals surface area contributed by atoms with E-state index in [4.69, 9.17) is 0 Å². The van der Waals surface area contributed by atoms with Gasteiger partial charge in [-0.25, -0.2) is 4.79 Å². The van der Waals surface area contributed by atoms with Gasteiger partial charge in [-0.2, -0.15) is 5.01 Å². The highest BCUT2D eigenvalue weighted by Gasteiger charge is 2.55. The maximum atomic E-state index is 13.6. The molecule has 0 aromatic heterocycles. The Morgan fingerprint density at radius 2 is 1.35 bits per heavy atom. The van der Waals surface area contributed by atoms with Gasteiger partial charge in [0, 0.05) is 0 Å². The number of carbonyl (C=O) groups is 5. The first-order valence-electron chi connectivity index (χ1n) is 11.0. The number of hydrogen-bond donors (Lipinski definition) is 2. The minimum atomic E-state index is -1.53. The van der Waals surface area contributed by atoms with E-state index in [0.29, 0.717) is 29.0 Å². The molecule has 2 saturated heterocycles. The number of likely N-dealkylation sites (tertiary alicyclic amines) is 1. The Labute approximate surface area is 195 Å². The SMILES string of the molecule is O=C(CN1C(=O)C2CC=CCC2C1=O)NN1C(=O)NC(c2ccccc2)(c2ccccc2)C1=O. The summed E-state index contributed by atoms with van der Waals surface area (Å²) in [7, 11) is 0. The van der Waals surface area contributed by atoms with Crippen LogP contribution in [-0.4, -0.2) is 46.1 Å². The minimum Gasteiger partial charge on any atom is -0.314 e. The van der Waals surface area contributed by atoms with Crippen LogP contribution < -0.4 is 10.7 Å². The Kier molecular flexibility index (Phi) is 5.24. The molecule has 6 amide bonds. The summed E-state index contributed by atoms with van der Waals surface area (Å²) >= 11 is 0. The number of fused-ring (bicyclic) bond motifs is 1. The molecule has 2 aromatic rings. The smallest absolute Gasteiger partial charge is 0.314 e. The van der Waals surface area contributed by atoms with Crippen LogP contribution in [0, 0.1) is 11.8 Å². The lowest BCUT2D eigenvalue weighted by Gasteiger charge is -2.27. The van der Waals surface area contributed by atoms with Crippen molar-refractivity contribution < 1.29 is 24.0 Å². The summed E-state index contributed by atoms with van der Waals surface area (Å²) < 4.78 is 0. The van der Waals surface area contributed by atoms with Crippen molar-refractivity contribution in [1.29, 1.82) is 0 Å². The number of amides is 6. The van der Waals surface area contributed by atoms with Gasteiger partial charge in [-0.05, 0) is 24.0 Å². The molecule has 9 nitrogen and oxygen atoms in total. The van der Waals surface area contributed by atoms with Gasteiger partial charge in [0.15, 0.2) is 5.54 Å². The van der Waals surface area contributed by atoms with Crippen LogP contribution in [0.4, 0.5) is 4.79 Å². The normalized spacial score (nSPS) is 23.2. The molecule has 3 aliphatic rings. The molecule has 172 valence electrons. The number of rotatable bonds is 5. The van der Waals surface area contributed by atoms with Crippen molar-refractivity contribution in [1.82, 2.24) is 20.7 Å². The van der Waals surface area contributed by atoms with Crippen molar-refractivity contribution >= 4 is 29.7 Å². The molecule has 0 radical (unpaired) electrons. The number of hydrazine groups is 1. The molecule has 2 atom stereocenters. The van der Waals surface area contributed by atoms with E-state index in [1.165, 1.54) is 0 Å². The Balaban J connectivity index is 1.38. The van der Waals surface area contributed by atoms with Gasteiger partial charge in [-0.3, -0.25) is 29.5 Å². The van der Waals surface area contributed by atoms with Crippen LogP contribution in [0.2, 0.25) is 0 Å². The van der Waals surface area contributed by atoms with Crippen molar-refractivity contribution in [2.75, 3.05) is 6.54 Å². The van der Waals surface area contributed by atoms with Gasteiger partial charge in [0.1, 0.15) is 6.54 Å². The quantitative estimate of drug-likeness (QED) is 0.400. The van der Waals surface area contributed by atoms with Gasteiger partial charge < -0.3 is 5.32 Å². The van der Waals surface area contributed by atoms with Crippen LogP contribution in [0.1, 0.15) is 24.0 Å². The first-order chi connectivity index (χ1) is 16.4. The third-order valence-electron chi connectivity index (χ3n) is 6.57. The van der Waals surface area contributed by atoms with Gasteiger partial charge in [0.2, 0.25) is 11.8 Å². The summed E-state index contributed by atoms with van der Waals surface area (Å²) in [6.45, 7) is -0.564. The van der Waals surface area contributed by atoms with Crippen molar-refractivity contribution in [3.05, 3.63) is 83.9 Å². The van der Waals surface area contributed by atoms with Gasteiger partial charge >= 0.3 is 6.03 Å². The minimum absolute atomic E-state index is 0.408. The Morgan fingerprint density at radius 3 is 1.85 bits per heavy atom. The van der Waals surface area contributed by atoms with E-state index in [0.717, 1.165) is 4.90 Å². The lowest BCUT2D eigenvalue weighted by Crippen LogP contribution is -2.52. The summed E-state index contributed by atoms with van der Waals surface area (Å²) in [5, 5.41) is 3.34. The Bertz CT molecular complexity index is 1140. The van der Waals surface area contributed by atoms with Gasteiger partial charge in [0.05, 0.1) is 11.8 Å². The molecular weight excluding hydrogens is 436 g/mol. The fourth-order valence-corrected chi connectivity index (χ4v) is 4.89. The van der Waals surface area contributed by atoms with Crippen LogP contribution in [0.15, 0.2) is 72.8 Å². The zero-order valence-corrected chi connectivity index (χ0v) is 18.1. The standard InChI is InChI=1S/C25H22N4O5/c30-20(15-28-21(31)18-13-7-8-14-19(18)22(28)32)27-29-23(33)25(26-24(29)34,16-9-3-1-4-10-16)17-11-5-2-6-12-17/h1-12,18-19H,13-15H2,(H,26,34)(H,27,30). The van der Waals surface area contributed by atoms with Crippen molar-refractivity contribution in [3.8, 4) is 0 Å². The summed E-state index contributed by atoms with van der Waals surface area (Å²) in [5.41, 5.74) is 1.81. The van der Waals surface area contributed by atoms with Gasteiger partial charge in [-0.1, -0.05) is 72.8 Å². The van der Waals surface area contributed by atoms with Crippen LogP contribution in [-0.2, 0) is 24.7 Å². The Hall–Kier alpha value is -4.27. The highest BCUT2D eigenvalue weighted by molar-refractivity contribution is 6.11. The zero-order valence-electron chi connectivity index (χ0n) is 18.1. The third-order valence-corrected chi connectivity index (χ3v) is 6.57. The predicted molar refractivity (Wildman–Crippen MR) is 119 cm³/mol. The fourth-order valence-electron chi connectivity index (χ4n) is 4.89. The predicted octanol–water partition coefficient (Wildman–Crippen LogP) is 1.46. The molecule has 34 heavy (non-hydrogen) atoms. The lowest BCUT2D eigenvalue weighted by molar-refractivity contribution is -0.145. The maximum Gasteiger partial charge on any atom is 0.344 e. The molecular formula is C25H22N4O5. The first kappa shape index (κ1) is 21.6. The van der Waals surface area contributed by atoms with E-state index in [9.17, 15) is 24.0 Å². The fraction of sp³-hybridized carbons (Fsp3) is 0.240. The number of hydrogen-bond acceptors (Lipinski definition) is 5. The average molecular weight is 458 g/mol. The molecule has 0 bridgehead atoms. The lowest BCUT2D eigenvalue weighted by atomic mass is 9.83. The van der Waals surface area contributed by atoms with Crippen molar-refractivity contribution in [2.24, 2.45) is 11.8 Å². The summed E-state index contributed by atoms with van der Waals surface area (Å²) in [6, 6.07) is 16.6. The van der Waals surface area contributed by atoms with Crippen LogP contribution in [0.5, 0.6) is 0 Å². The molecule has 2 heterocycles. The molecule has 5 rings (SSSR count). The molecule has 2 aromatic carbocycles. The number of urea groups is 1. The van der Waals surface area contributed by atoms with Crippen molar-refractivity contribution in [3.63, 3.8) is 0 Å². The van der Waals surface area contributed by atoms with Crippen LogP contribution >= 0.6 is 0 Å². The van der Waals surface area contributed by atoms with E-state index in [2.05, 4.69) is 10.7 Å². The van der Waals surface area contributed by atoms with Crippen LogP contribution in [0.25, 0.3) is 0 Å². The number of allylic oxidation sites excluding steroid dienone is 2. The van der Waals surface area contributed by atoms with Gasteiger partial charge in [-0.15, -0.1) is 0 Å². The molecule has 2 N–H and O–H groups in total. The first-order valence-corrected chi connectivity index (χ1v) is 11.0. The number of nitrogens with zero attached hydrogens (tertiary/aromatic N) is 2. The number of carbonyl (C=O) groups excluding carboxylic acids is 5. The molecule has 0 saturated carbocycles. The second kappa shape index (κ2) is 8.26. The van der Waals surface area contributed by atoms with Crippen LogP contribution in [0.3, 0.4) is 0 Å². The number of benzene rings is 2. The second-order valence-electron chi connectivity index (χ2n) is 8.51. The largest absolute Gasteiger partial charge is 0.344 e. The van der Waals surface area contributed by atoms with Gasteiger partial charge in [0.25, 0.3) is 11.8 Å². The molecule has 0 spiro atoms. The molecule has 2 unspecified atom stereocenters. The molecule has 1 aliphatic carbocycles. The third kappa shape index (κ3) is 3.28. The summed E-state index contributed by atoms with van der Waals surface area (Å²) in [6.07, 6.45) is 4.62. The number of imide groups is 2. The van der Waals surface area contributed by atoms with E-state index < -0.39 is 53.6 Å². The Morgan fingerprint density at radius 1 is 0.853 bits per heavy atom. The monoisotopic (exact) mass is 458 g/mol. The second-order valence-corrected chi connectivity index (χ2v) is 8.51. The van der Waals surface area contributed by atoms with Crippen molar-refractivity contribution in [2.45, 2.75) is 18.4 Å². The highest BCUT2D eigenvalue weighted by atomic mass is 16.2. The van der Waals surface area contributed by atoms with E-state index in [-0.39, 0.29) is 0 Å². The summed E-state index contributed by atoms with van der Waals surface area (Å²) in [4.78, 5) is 65.5. The summed E-state index contributed by atoms with van der Waals surface area (Å²) in [5.74, 6) is -3.25. The highest BCUT2D eigenvalue weighted by Crippen LogP contribution is 2.36. The van der Waals surface area contributed by atoms with E-state index in [1.54, 1.807) is 60.7 Å². The van der Waals surface area contributed by atoms with E-state index >= 15 is 0 Å².